The zero-order chi connectivity index (χ0) is 13.0. The Hall–Kier alpha value is -2.10. The number of benzene rings is 1. The first-order valence-corrected chi connectivity index (χ1v) is 4.74. The number of carbonyl (C=O) groups is 1. The van der Waals surface area contributed by atoms with Gasteiger partial charge in [-0.15, -0.1) is 0 Å². The van der Waals surface area contributed by atoms with Crippen molar-refractivity contribution >= 4 is 5.91 Å². The van der Waals surface area contributed by atoms with E-state index in [-0.39, 0.29) is 11.1 Å². The van der Waals surface area contributed by atoms with Gasteiger partial charge in [-0.3, -0.25) is 4.79 Å². The fourth-order valence-corrected chi connectivity index (χ4v) is 1.37. The lowest BCUT2D eigenvalue weighted by Gasteiger charge is -2.15. The topological polar surface area (TPSA) is 117 Å². The maximum atomic E-state index is 11.2. The van der Waals surface area contributed by atoms with E-state index in [4.69, 9.17) is 15.7 Å². The predicted octanol–water partition coefficient (Wildman–Crippen LogP) is -0.288. The SMILES string of the molecule is COc1ccc(C(O)C(O)C#N)c(C(N)=O)c1. The van der Waals surface area contributed by atoms with Gasteiger partial charge in [-0.2, -0.15) is 5.26 Å². The van der Waals surface area contributed by atoms with Gasteiger partial charge in [-0.25, -0.2) is 0 Å². The van der Waals surface area contributed by atoms with Crippen molar-refractivity contribution < 1.29 is 19.7 Å². The normalized spacial score (nSPS) is 13.5. The smallest absolute Gasteiger partial charge is 0.249 e. The first kappa shape index (κ1) is 13.0. The minimum Gasteiger partial charge on any atom is -0.497 e. The maximum absolute atomic E-state index is 11.2. The fourth-order valence-electron chi connectivity index (χ4n) is 1.37. The van der Waals surface area contributed by atoms with E-state index in [1.807, 2.05) is 0 Å². The second-order valence-corrected chi connectivity index (χ2v) is 3.34. The molecule has 0 aromatic heterocycles. The summed E-state index contributed by atoms with van der Waals surface area (Å²) >= 11 is 0. The summed E-state index contributed by atoms with van der Waals surface area (Å²) in [6.45, 7) is 0. The highest BCUT2D eigenvalue weighted by Crippen LogP contribution is 2.24. The highest BCUT2D eigenvalue weighted by atomic mass is 16.5. The molecule has 2 atom stereocenters. The number of ether oxygens (including phenoxy) is 1. The largest absolute Gasteiger partial charge is 0.497 e. The lowest BCUT2D eigenvalue weighted by Crippen LogP contribution is -2.21. The zero-order valence-electron chi connectivity index (χ0n) is 9.12. The van der Waals surface area contributed by atoms with E-state index in [0.717, 1.165) is 0 Å². The third-order valence-electron chi connectivity index (χ3n) is 2.28. The Balaban J connectivity index is 3.24. The van der Waals surface area contributed by atoms with E-state index in [1.54, 1.807) is 0 Å². The fraction of sp³-hybridized carbons (Fsp3) is 0.273. The Morgan fingerprint density at radius 1 is 1.53 bits per heavy atom. The van der Waals surface area contributed by atoms with Gasteiger partial charge >= 0.3 is 0 Å². The highest BCUT2D eigenvalue weighted by Gasteiger charge is 2.23. The van der Waals surface area contributed by atoms with Crippen molar-refractivity contribution in [1.29, 1.82) is 5.26 Å². The van der Waals surface area contributed by atoms with Crippen LogP contribution in [0.5, 0.6) is 5.75 Å². The Labute approximate surface area is 97.9 Å². The third kappa shape index (κ3) is 2.72. The second kappa shape index (κ2) is 5.30. The van der Waals surface area contributed by atoms with E-state index in [2.05, 4.69) is 0 Å². The Kier molecular flexibility index (Phi) is 4.04. The van der Waals surface area contributed by atoms with Crippen LogP contribution in [-0.4, -0.2) is 29.3 Å². The average molecular weight is 236 g/mol. The van der Waals surface area contributed by atoms with Gasteiger partial charge in [-0.05, 0) is 17.7 Å². The van der Waals surface area contributed by atoms with Crippen LogP contribution in [0.25, 0.3) is 0 Å². The van der Waals surface area contributed by atoms with Crippen molar-refractivity contribution in [1.82, 2.24) is 0 Å². The number of hydrogen-bond donors (Lipinski definition) is 3. The van der Waals surface area contributed by atoms with Crippen molar-refractivity contribution in [2.24, 2.45) is 5.73 Å². The molecule has 1 aromatic rings. The maximum Gasteiger partial charge on any atom is 0.249 e. The van der Waals surface area contributed by atoms with Gasteiger partial charge in [0.1, 0.15) is 11.9 Å². The molecule has 0 aliphatic rings. The molecule has 0 saturated heterocycles. The summed E-state index contributed by atoms with van der Waals surface area (Å²) in [6.07, 6.45) is -3.12. The summed E-state index contributed by atoms with van der Waals surface area (Å²) in [5.74, 6) is -0.385. The van der Waals surface area contributed by atoms with E-state index < -0.39 is 18.1 Å². The van der Waals surface area contributed by atoms with Crippen LogP contribution in [0.2, 0.25) is 0 Å². The quantitative estimate of drug-likeness (QED) is 0.621. The van der Waals surface area contributed by atoms with Gasteiger partial charge in [0, 0.05) is 5.56 Å². The molecule has 2 unspecified atom stereocenters. The van der Waals surface area contributed by atoms with E-state index in [9.17, 15) is 15.0 Å². The summed E-state index contributed by atoms with van der Waals surface area (Å²) in [4.78, 5) is 11.2. The molecular formula is C11H12N2O4. The molecule has 4 N–H and O–H groups in total. The molecule has 1 rings (SSSR count). The standard InChI is InChI=1S/C11H12N2O4/c1-17-6-2-3-7(8(4-6)11(13)16)10(15)9(14)5-12/h2-4,9-10,14-15H,1H3,(H2,13,16). The first-order chi connectivity index (χ1) is 8.01. The van der Waals surface area contributed by atoms with Crippen LogP contribution in [0.3, 0.4) is 0 Å². The molecule has 0 aliphatic carbocycles. The number of amides is 1. The molecule has 0 saturated carbocycles. The van der Waals surface area contributed by atoms with Crippen LogP contribution in [0.15, 0.2) is 18.2 Å². The van der Waals surface area contributed by atoms with Gasteiger partial charge in [0.2, 0.25) is 5.91 Å². The summed E-state index contributed by atoms with van der Waals surface area (Å²) in [6, 6.07) is 5.69. The monoisotopic (exact) mass is 236 g/mol. The molecule has 6 heteroatoms. The number of rotatable bonds is 4. The molecule has 17 heavy (non-hydrogen) atoms. The summed E-state index contributed by atoms with van der Waals surface area (Å²) < 4.78 is 4.91. The van der Waals surface area contributed by atoms with Gasteiger partial charge in [-0.1, -0.05) is 6.07 Å². The van der Waals surface area contributed by atoms with Crippen molar-refractivity contribution in [2.45, 2.75) is 12.2 Å². The number of aliphatic hydroxyl groups is 2. The van der Waals surface area contributed by atoms with Crippen LogP contribution >= 0.6 is 0 Å². The van der Waals surface area contributed by atoms with E-state index in [1.165, 1.54) is 31.4 Å². The molecule has 1 aromatic carbocycles. The number of nitrogens with two attached hydrogens (primary N) is 1. The first-order valence-electron chi connectivity index (χ1n) is 4.74. The van der Waals surface area contributed by atoms with E-state index in [0.29, 0.717) is 5.75 Å². The number of primary amides is 1. The highest BCUT2D eigenvalue weighted by molar-refractivity contribution is 5.95. The number of carbonyl (C=O) groups excluding carboxylic acids is 1. The number of nitrogens with zero attached hydrogens (tertiary/aromatic N) is 1. The van der Waals surface area contributed by atoms with Gasteiger partial charge in [0.05, 0.1) is 13.2 Å². The number of hydrogen-bond acceptors (Lipinski definition) is 5. The third-order valence-corrected chi connectivity index (χ3v) is 2.28. The molecular weight excluding hydrogens is 224 g/mol. The summed E-state index contributed by atoms with van der Waals surface area (Å²) in [5.41, 5.74) is 5.24. The van der Waals surface area contributed by atoms with Crippen LogP contribution < -0.4 is 10.5 Å². The minimum atomic E-state index is -1.62. The average Bonchev–Trinajstić information content (AvgIpc) is 2.35. The number of nitriles is 1. The Morgan fingerprint density at radius 2 is 2.18 bits per heavy atom. The summed E-state index contributed by atoms with van der Waals surface area (Å²) in [7, 11) is 1.42. The van der Waals surface area contributed by atoms with Crippen LogP contribution in [0, 0.1) is 11.3 Å². The lowest BCUT2D eigenvalue weighted by atomic mass is 9.98. The molecule has 0 aliphatic heterocycles. The molecule has 0 spiro atoms. The molecule has 0 fully saturated rings. The number of methoxy groups -OCH3 is 1. The van der Waals surface area contributed by atoms with Crippen LogP contribution in [-0.2, 0) is 0 Å². The molecule has 6 nitrogen and oxygen atoms in total. The van der Waals surface area contributed by atoms with Crippen molar-refractivity contribution in [3.63, 3.8) is 0 Å². The van der Waals surface area contributed by atoms with Crippen LogP contribution in [0.1, 0.15) is 22.0 Å². The van der Waals surface area contributed by atoms with Crippen molar-refractivity contribution in [2.75, 3.05) is 7.11 Å². The van der Waals surface area contributed by atoms with Gasteiger partial charge in [0.25, 0.3) is 0 Å². The second-order valence-electron chi connectivity index (χ2n) is 3.34. The minimum absolute atomic E-state index is 0.00569. The summed E-state index contributed by atoms with van der Waals surface area (Å²) in [5, 5.41) is 27.4. The Morgan fingerprint density at radius 3 is 2.65 bits per heavy atom. The molecule has 1 amide bonds. The van der Waals surface area contributed by atoms with Crippen LogP contribution in [0.4, 0.5) is 0 Å². The Bertz CT molecular complexity index is 467. The van der Waals surface area contributed by atoms with Gasteiger partial charge < -0.3 is 20.7 Å². The number of aliphatic hydroxyl groups excluding tert-OH is 2. The van der Waals surface area contributed by atoms with Crippen molar-refractivity contribution in [3.05, 3.63) is 29.3 Å². The van der Waals surface area contributed by atoms with E-state index >= 15 is 0 Å². The predicted molar refractivity (Wildman–Crippen MR) is 58.1 cm³/mol. The van der Waals surface area contributed by atoms with Gasteiger partial charge in [0.15, 0.2) is 6.10 Å². The zero-order valence-corrected chi connectivity index (χ0v) is 9.12. The molecule has 0 radical (unpaired) electrons. The molecule has 90 valence electrons. The molecule has 0 heterocycles. The lowest BCUT2D eigenvalue weighted by molar-refractivity contribution is 0.0519. The molecule has 0 bridgehead atoms. The van der Waals surface area contributed by atoms with Crippen molar-refractivity contribution in [3.8, 4) is 11.8 Å².